The molecule has 1 unspecified atom stereocenters. The summed E-state index contributed by atoms with van der Waals surface area (Å²) >= 11 is 3.62. The monoisotopic (exact) mass is 329 g/mol. The van der Waals surface area contributed by atoms with E-state index in [1.54, 1.807) is 0 Å². The van der Waals surface area contributed by atoms with E-state index < -0.39 is 0 Å². The fourth-order valence-electron chi connectivity index (χ4n) is 2.34. The highest BCUT2D eigenvalue weighted by molar-refractivity contribution is 9.10. The number of aromatic nitrogens is 2. The van der Waals surface area contributed by atoms with Crippen molar-refractivity contribution in [2.24, 2.45) is 5.92 Å². The van der Waals surface area contributed by atoms with Gasteiger partial charge in [0, 0.05) is 12.1 Å². The maximum atomic E-state index is 4.45. The quantitative estimate of drug-likeness (QED) is 0.775. The van der Waals surface area contributed by atoms with Crippen molar-refractivity contribution in [3.05, 3.63) is 16.4 Å². The number of nitrogens with zero attached hydrogens (tertiary/aromatic N) is 2. The molecule has 0 aliphatic heterocycles. The minimum absolute atomic E-state index is 0.419. The summed E-state index contributed by atoms with van der Waals surface area (Å²) in [5.74, 6) is 0.667. The van der Waals surface area contributed by atoms with Crippen molar-refractivity contribution in [1.82, 2.24) is 15.1 Å². The van der Waals surface area contributed by atoms with Crippen LogP contribution in [0.25, 0.3) is 0 Å². The molecule has 1 rings (SSSR count). The molecule has 0 amide bonds. The molecule has 1 atom stereocenters. The van der Waals surface area contributed by atoms with Gasteiger partial charge in [0.2, 0.25) is 0 Å². The lowest BCUT2D eigenvalue weighted by Gasteiger charge is -2.23. The van der Waals surface area contributed by atoms with Gasteiger partial charge in [-0.1, -0.05) is 20.8 Å². The summed E-state index contributed by atoms with van der Waals surface area (Å²) < 4.78 is 3.26. The predicted molar refractivity (Wildman–Crippen MR) is 85.6 cm³/mol. The van der Waals surface area contributed by atoms with E-state index in [2.05, 4.69) is 65.6 Å². The third-order valence-corrected chi connectivity index (χ3v) is 4.15. The van der Waals surface area contributed by atoms with Gasteiger partial charge in [0.1, 0.15) is 0 Å². The average molecular weight is 330 g/mol. The predicted octanol–water partition coefficient (Wildman–Crippen LogP) is 4.18. The Morgan fingerprint density at radius 3 is 2.53 bits per heavy atom. The van der Waals surface area contributed by atoms with Crippen LogP contribution in [0.4, 0.5) is 0 Å². The van der Waals surface area contributed by atoms with E-state index in [1.807, 2.05) is 6.20 Å². The van der Waals surface area contributed by atoms with E-state index in [0.29, 0.717) is 18.0 Å². The van der Waals surface area contributed by atoms with Gasteiger partial charge in [-0.25, -0.2) is 0 Å². The van der Waals surface area contributed by atoms with Gasteiger partial charge in [-0.2, -0.15) is 5.10 Å². The first-order valence-electron chi connectivity index (χ1n) is 7.42. The smallest absolute Gasteiger partial charge is 0.0635 e. The Kier molecular flexibility index (Phi) is 7.08. The molecule has 1 N–H and O–H groups in total. The van der Waals surface area contributed by atoms with Crippen LogP contribution >= 0.6 is 15.9 Å². The van der Waals surface area contributed by atoms with Gasteiger partial charge in [0.05, 0.1) is 16.4 Å². The molecule has 0 aliphatic carbocycles. The maximum Gasteiger partial charge on any atom is 0.0635 e. The van der Waals surface area contributed by atoms with Gasteiger partial charge in [0.25, 0.3) is 0 Å². The third kappa shape index (κ3) is 4.92. The highest BCUT2D eigenvalue weighted by Crippen LogP contribution is 2.22. The van der Waals surface area contributed by atoms with Gasteiger partial charge < -0.3 is 5.32 Å². The van der Waals surface area contributed by atoms with Crippen molar-refractivity contribution in [3.8, 4) is 0 Å². The van der Waals surface area contributed by atoms with Gasteiger partial charge in [0.15, 0.2) is 0 Å². The van der Waals surface area contributed by atoms with E-state index in [0.717, 1.165) is 23.9 Å². The van der Waals surface area contributed by atoms with Crippen LogP contribution in [-0.4, -0.2) is 22.4 Å². The molecule has 4 heteroatoms. The normalized spacial score (nSPS) is 13.5. The SMILES string of the molecule is CCCNC(CCc1c(Br)cnn1C(C)C)C(C)C. The second kappa shape index (κ2) is 8.05. The van der Waals surface area contributed by atoms with E-state index in [4.69, 9.17) is 0 Å². The summed E-state index contributed by atoms with van der Waals surface area (Å²) in [6.07, 6.45) is 5.34. The Hall–Kier alpha value is -0.350. The largest absolute Gasteiger partial charge is 0.314 e. The van der Waals surface area contributed by atoms with Crippen LogP contribution in [0.5, 0.6) is 0 Å². The standard InChI is InChI=1S/C15H28BrN3/c1-6-9-17-14(11(2)3)7-8-15-13(16)10-18-19(15)12(4)5/h10-12,14,17H,6-9H2,1-5H3. The molecule has 0 spiro atoms. The highest BCUT2D eigenvalue weighted by atomic mass is 79.9. The topological polar surface area (TPSA) is 29.9 Å². The molecule has 0 aromatic carbocycles. The zero-order valence-corrected chi connectivity index (χ0v) is 14.5. The molecule has 110 valence electrons. The number of hydrogen-bond donors (Lipinski definition) is 1. The first-order chi connectivity index (χ1) is 8.97. The van der Waals surface area contributed by atoms with Crippen LogP contribution in [0.15, 0.2) is 10.7 Å². The lowest BCUT2D eigenvalue weighted by Crippen LogP contribution is -2.35. The maximum absolute atomic E-state index is 4.45. The summed E-state index contributed by atoms with van der Waals surface area (Å²) in [6, 6.07) is 1.00. The summed E-state index contributed by atoms with van der Waals surface area (Å²) in [4.78, 5) is 0. The summed E-state index contributed by atoms with van der Waals surface area (Å²) in [6.45, 7) is 12.3. The van der Waals surface area contributed by atoms with E-state index in [9.17, 15) is 0 Å². The Morgan fingerprint density at radius 1 is 1.32 bits per heavy atom. The van der Waals surface area contributed by atoms with Crippen molar-refractivity contribution in [1.29, 1.82) is 0 Å². The molecule has 1 aromatic heterocycles. The molecule has 1 heterocycles. The van der Waals surface area contributed by atoms with Crippen molar-refractivity contribution in [2.45, 2.75) is 66.0 Å². The lowest BCUT2D eigenvalue weighted by atomic mass is 9.98. The second-order valence-corrected chi connectivity index (χ2v) is 6.68. The van der Waals surface area contributed by atoms with Crippen molar-refractivity contribution in [3.63, 3.8) is 0 Å². The first kappa shape index (κ1) is 16.7. The second-order valence-electron chi connectivity index (χ2n) is 5.82. The molecule has 0 aliphatic rings. The summed E-state index contributed by atoms with van der Waals surface area (Å²) in [5, 5.41) is 8.10. The van der Waals surface area contributed by atoms with Crippen LogP contribution in [0.1, 0.15) is 59.2 Å². The summed E-state index contributed by atoms with van der Waals surface area (Å²) in [7, 11) is 0. The fraction of sp³-hybridized carbons (Fsp3) is 0.800. The zero-order chi connectivity index (χ0) is 14.4. The van der Waals surface area contributed by atoms with Crippen molar-refractivity contribution < 1.29 is 0 Å². The number of rotatable bonds is 8. The molecule has 0 radical (unpaired) electrons. The van der Waals surface area contributed by atoms with E-state index in [1.165, 1.54) is 12.1 Å². The number of halogens is 1. The van der Waals surface area contributed by atoms with Gasteiger partial charge in [-0.3, -0.25) is 4.68 Å². The molecule has 0 fully saturated rings. The molecule has 3 nitrogen and oxygen atoms in total. The van der Waals surface area contributed by atoms with E-state index >= 15 is 0 Å². The molecule has 0 bridgehead atoms. The van der Waals surface area contributed by atoms with Gasteiger partial charge >= 0.3 is 0 Å². The highest BCUT2D eigenvalue weighted by Gasteiger charge is 2.16. The van der Waals surface area contributed by atoms with Crippen LogP contribution in [0.3, 0.4) is 0 Å². The first-order valence-corrected chi connectivity index (χ1v) is 8.21. The third-order valence-electron chi connectivity index (χ3n) is 3.49. The molecule has 19 heavy (non-hydrogen) atoms. The van der Waals surface area contributed by atoms with Crippen LogP contribution in [0.2, 0.25) is 0 Å². The summed E-state index contributed by atoms with van der Waals surface area (Å²) in [5.41, 5.74) is 1.32. The van der Waals surface area contributed by atoms with Crippen LogP contribution in [0, 0.1) is 5.92 Å². The van der Waals surface area contributed by atoms with Gasteiger partial charge in [-0.15, -0.1) is 0 Å². The lowest BCUT2D eigenvalue weighted by molar-refractivity contribution is 0.372. The molecular formula is C15H28BrN3. The van der Waals surface area contributed by atoms with Gasteiger partial charge in [-0.05, 0) is 61.5 Å². The molecule has 0 saturated carbocycles. The fourth-order valence-corrected chi connectivity index (χ4v) is 2.81. The average Bonchev–Trinajstić information content (AvgIpc) is 2.70. The van der Waals surface area contributed by atoms with Crippen LogP contribution in [-0.2, 0) is 6.42 Å². The Bertz CT molecular complexity index is 371. The molecule has 0 saturated heterocycles. The number of hydrogen-bond acceptors (Lipinski definition) is 2. The number of nitrogens with one attached hydrogen (secondary N) is 1. The minimum atomic E-state index is 0.419. The molecular weight excluding hydrogens is 302 g/mol. The Morgan fingerprint density at radius 2 is 2.00 bits per heavy atom. The van der Waals surface area contributed by atoms with Crippen LogP contribution < -0.4 is 5.32 Å². The minimum Gasteiger partial charge on any atom is -0.314 e. The Balaban J connectivity index is 2.65. The van der Waals surface area contributed by atoms with E-state index in [-0.39, 0.29) is 0 Å². The van der Waals surface area contributed by atoms with Crippen molar-refractivity contribution >= 4 is 15.9 Å². The van der Waals surface area contributed by atoms with Crippen molar-refractivity contribution in [2.75, 3.05) is 6.54 Å². The Labute approximate surface area is 126 Å². The zero-order valence-electron chi connectivity index (χ0n) is 12.9. The molecule has 1 aromatic rings.